The summed E-state index contributed by atoms with van der Waals surface area (Å²) in [5, 5.41) is 5.21. The molecule has 7 nitrogen and oxygen atoms in total. The van der Waals surface area contributed by atoms with E-state index in [0.717, 1.165) is 79.9 Å². The van der Waals surface area contributed by atoms with Gasteiger partial charge in [0, 0.05) is 74.1 Å². The zero-order valence-electron chi connectivity index (χ0n) is 21.2. The number of aryl methyl sites for hydroxylation is 1. The summed E-state index contributed by atoms with van der Waals surface area (Å²) in [6.45, 7) is 4.60. The molecule has 0 atom stereocenters. The highest BCUT2D eigenvalue weighted by molar-refractivity contribution is 6.05. The van der Waals surface area contributed by atoms with Crippen LogP contribution in [-0.2, 0) is 18.2 Å². The number of ether oxygens (including phenoxy) is 1. The van der Waals surface area contributed by atoms with Gasteiger partial charge >= 0.3 is 5.97 Å². The SMILES string of the molecule is COC(=O)c1cn(C)c2cc(N3CCN(CCc4c(-c5ccccc5F)noc4C4CC4)CC3)ccc12. The van der Waals surface area contributed by atoms with Gasteiger partial charge in [-0.25, -0.2) is 9.18 Å². The van der Waals surface area contributed by atoms with E-state index in [1.807, 2.05) is 29.9 Å². The first kappa shape index (κ1) is 23.7. The molecule has 37 heavy (non-hydrogen) atoms. The third-order valence-corrected chi connectivity index (χ3v) is 7.69. The maximum Gasteiger partial charge on any atom is 0.340 e. The molecule has 2 fully saturated rings. The Morgan fingerprint density at radius 1 is 1.14 bits per heavy atom. The molecule has 0 radical (unpaired) electrons. The van der Waals surface area contributed by atoms with Crippen molar-refractivity contribution in [3.05, 3.63) is 71.4 Å². The molecule has 6 rings (SSSR count). The van der Waals surface area contributed by atoms with Gasteiger partial charge in [-0.1, -0.05) is 17.3 Å². The largest absolute Gasteiger partial charge is 0.465 e. The molecule has 1 saturated heterocycles. The number of methoxy groups -OCH3 is 1. The number of esters is 1. The lowest BCUT2D eigenvalue weighted by molar-refractivity contribution is 0.0602. The summed E-state index contributed by atoms with van der Waals surface area (Å²) < 4.78 is 27.2. The van der Waals surface area contributed by atoms with E-state index in [4.69, 9.17) is 9.26 Å². The number of hydrogen-bond donors (Lipinski definition) is 0. The molecular formula is C29H31FN4O3. The van der Waals surface area contributed by atoms with Crippen LogP contribution in [0.25, 0.3) is 22.2 Å². The van der Waals surface area contributed by atoms with Gasteiger partial charge in [0.15, 0.2) is 0 Å². The van der Waals surface area contributed by atoms with Gasteiger partial charge in [-0.2, -0.15) is 0 Å². The molecule has 1 aliphatic carbocycles. The Morgan fingerprint density at radius 3 is 2.65 bits per heavy atom. The predicted octanol–water partition coefficient (Wildman–Crippen LogP) is 5.00. The number of rotatable bonds is 7. The molecule has 0 unspecified atom stereocenters. The quantitative estimate of drug-likeness (QED) is 0.332. The lowest BCUT2D eigenvalue weighted by atomic mass is 10.0. The van der Waals surface area contributed by atoms with Crippen LogP contribution in [0.2, 0.25) is 0 Å². The first-order valence-electron chi connectivity index (χ1n) is 12.9. The molecule has 4 aromatic rings. The molecule has 1 aliphatic heterocycles. The second-order valence-electron chi connectivity index (χ2n) is 10.1. The Hall–Kier alpha value is -3.65. The van der Waals surface area contributed by atoms with Gasteiger partial charge in [0.05, 0.1) is 18.2 Å². The van der Waals surface area contributed by atoms with Crippen molar-refractivity contribution in [2.75, 3.05) is 44.7 Å². The number of piperazine rings is 1. The summed E-state index contributed by atoms with van der Waals surface area (Å²) in [5.74, 6) is 0.788. The molecule has 192 valence electrons. The van der Waals surface area contributed by atoms with Gasteiger partial charge in [-0.15, -0.1) is 0 Å². The van der Waals surface area contributed by atoms with Crippen LogP contribution in [0, 0.1) is 5.82 Å². The fourth-order valence-electron chi connectivity index (χ4n) is 5.44. The minimum atomic E-state index is -0.317. The first-order chi connectivity index (χ1) is 18.0. The standard InChI is InChI=1S/C29H31FN4O3/c1-32-18-24(29(35)36-2)21-10-9-20(17-26(21)32)34-15-13-33(14-16-34)12-11-23-27(22-5-3-4-6-25(22)30)31-37-28(23)19-7-8-19/h3-6,9-10,17-19H,7-8,11-16H2,1-2H3. The van der Waals surface area contributed by atoms with Crippen LogP contribution in [0.15, 0.2) is 53.2 Å². The molecule has 3 heterocycles. The van der Waals surface area contributed by atoms with Gasteiger partial charge in [-0.05, 0) is 49.6 Å². The molecule has 0 N–H and O–H groups in total. The molecule has 0 amide bonds. The van der Waals surface area contributed by atoms with Gasteiger partial charge in [0.1, 0.15) is 17.3 Å². The number of halogens is 1. The van der Waals surface area contributed by atoms with Crippen LogP contribution >= 0.6 is 0 Å². The normalized spacial score (nSPS) is 16.5. The number of nitrogens with zero attached hydrogens (tertiary/aromatic N) is 4. The average molecular weight is 503 g/mol. The summed E-state index contributed by atoms with van der Waals surface area (Å²) in [4.78, 5) is 17.0. The molecule has 2 aliphatic rings. The van der Waals surface area contributed by atoms with E-state index < -0.39 is 0 Å². The van der Waals surface area contributed by atoms with Crippen LogP contribution in [-0.4, -0.2) is 60.4 Å². The van der Waals surface area contributed by atoms with Crippen molar-refractivity contribution in [2.45, 2.75) is 25.2 Å². The van der Waals surface area contributed by atoms with Gasteiger partial charge in [-0.3, -0.25) is 4.90 Å². The van der Waals surface area contributed by atoms with Crippen LogP contribution < -0.4 is 4.90 Å². The Labute approximate surface area is 215 Å². The van der Waals surface area contributed by atoms with Crippen LogP contribution in [0.3, 0.4) is 0 Å². The molecule has 0 spiro atoms. The van der Waals surface area contributed by atoms with Crippen LogP contribution in [0.5, 0.6) is 0 Å². The first-order valence-corrected chi connectivity index (χ1v) is 12.9. The van der Waals surface area contributed by atoms with Crippen molar-refractivity contribution in [3.8, 4) is 11.3 Å². The Bertz CT molecular complexity index is 1450. The fourth-order valence-corrected chi connectivity index (χ4v) is 5.44. The Morgan fingerprint density at radius 2 is 1.92 bits per heavy atom. The monoisotopic (exact) mass is 502 g/mol. The topological polar surface area (TPSA) is 63.7 Å². The number of fused-ring (bicyclic) bond motifs is 1. The van der Waals surface area contributed by atoms with Crippen molar-refractivity contribution in [1.82, 2.24) is 14.6 Å². The van der Waals surface area contributed by atoms with Crippen molar-refractivity contribution < 1.29 is 18.4 Å². The van der Waals surface area contributed by atoms with Gasteiger partial charge in [0.2, 0.25) is 0 Å². The second-order valence-corrected chi connectivity index (χ2v) is 10.1. The smallest absolute Gasteiger partial charge is 0.340 e. The number of anilines is 1. The Kier molecular flexibility index (Phi) is 6.20. The van der Waals surface area contributed by atoms with E-state index in [9.17, 15) is 9.18 Å². The molecular weight excluding hydrogens is 471 g/mol. The van der Waals surface area contributed by atoms with Crippen LogP contribution in [0.1, 0.15) is 40.4 Å². The number of benzene rings is 2. The van der Waals surface area contributed by atoms with E-state index in [1.54, 1.807) is 12.1 Å². The minimum Gasteiger partial charge on any atom is -0.465 e. The Balaban J connectivity index is 1.13. The van der Waals surface area contributed by atoms with E-state index in [2.05, 4.69) is 27.1 Å². The summed E-state index contributed by atoms with van der Waals surface area (Å²) in [6.07, 6.45) is 4.85. The average Bonchev–Trinajstić information content (AvgIpc) is 3.61. The fraction of sp³-hybridized carbons (Fsp3) is 0.379. The van der Waals surface area contributed by atoms with E-state index in [0.29, 0.717) is 22.7 Å². The van der Waals surface area contributed by atoms with Crippen molar-refractivity contribution in [2.24, 2.45) is 7.05 Å². The summed E-state index contributed by atoms with van der Waals surface area (Å²) in [7, 11) is 3.36. The summed E-state index contributed by atoms with van der Waals surface area (Å²) in [6, 6.07) is 13.1. The van der Waals surface area contributed by atoms with Gasteiger partial charge in [0.25, 0.3) is 0 Å². The molecule has 8 heteroatoms. The molecule has 2 aromatic heterocycles. The number of carbonyl (C=O) groups excluding carboxylic acids is 1. The number of hydrogen-bond acceptors (Lipinski definition) is 6. The zero-order chi connectivity index (χ0) is 25.5. The second kappa shape index (κ2) is 9.67. The molecule has 2 aromatic carbocycles. The van der Waals surface area contributed by atoms with E-state index >= 15 is 0 Å². The summed E-state index contributed by atoms with van der Waals surface area (Å²) >= 11 is 0. The maximum atomic E-state index is 14.5. The maximum absolute atomic E-state index is 14.5. The summed E-state index contributed by atoms with van der Waals surface area (Å²) in [5.41, 5.74) is 4.99. The van der Waals surface area contributed by atoms with Crippen molar-refractivity contribution >= 4 is 22.6 Å². The lowest BCUT2D eigenvalue weighted by Crippen LogP contribution is -2.47. The highest BCUT2D eigenvalue weighted by Crippen LogP contribution is 2.44. The highest BCUT2D eigenvalue weighted by atomic mass is 19.1. The highest BCUT2D eigenvalue weighted by Gasteiger charge is 2.33. The third-order valence-electron chi connectivity index (χ3n) is 7.69. The molecule has 0 bridgehead atoms. The number of carbonyl (C=O) groups is 1. The predicted molar refractivity (Wildman–Crippen MR) is 140 cm³/mol. The van der Waals surface area contributed by atoms with Crippen molar-refractivity contribution in [3.63, 3.8) is 0 Å². The van der Waals surface area contributed by atoms with Gasteiger partial charge < -0.3 is 18.7 Å². The van der Waals surface area contributed by atoms with Crippen molar-refractivity contribution in [1.29, 1.82) is 0 Å². The third kappa shape index (κ3) is 4.50. The lowest BCUT2D eigenvalue weighted by Gasteiger charge is -2.36. The van der Waals surface area contributed by atoms with E-state index in [1.165, 1.54) is 13.2 Å². The number of aromatic nitrogens is 2. The zero-order valence-corrected chi connectivity index (χ0v) is 21.2. The molecule has 1 saturated carbocycles. The minimum absolute atomic E-state index is 0.262. The van der Waals surface area contributed by atoms with E-state index in [-0.39, 0.29) is 11.8 Å². The van der Waals surface area contributed by atoms with Crippen LogP contribution in [0.4, 0.5) is 10.1 Å².